The highest BCUT2D eigenvalue weighted by Crippen LogP contribution is 2.29. The number of nitrogens with zero attached hydrogens (tertiary/aromatic N) is 3. The number of hydrogen-bond acceptors (Lipinski definition) is 5. The molecule has 134 valence electrons. The second-order valence-electron chi connectivity index (χ2n) is 6.76. The number of amides is 1. The van der Waals surface area contributed by atoms with Gasteiger partial charge in [-0.15, -0.1) is 0 Å². The summed E-state index contributed by atoms with van der Waals surface area (Å²) in [5.41, 5.74) is 8.23. The molecule has 1 aliphatic heterocycles. The number of aromatic nitrogens is 1. The Labute approximate surface area is 152 Å². The molecule has 1 fully saturated rings. The van der Waals surface area contributed by atoms with Gasteiger partial charge in [-0.1, -0.05) is 35.5 Å². The van der Waals surface area contributed by atoms with Gasteiger partial charge in [-0.25, -0.2) is 0 Å². The van der Waals surface area contributed by atoms with E-state index in [0.717, 1.165) is 29.6 Å². The SMILES string of the molecule is CN1CCN(C(=O)c2ccc3noc(-c4ccccc4)c3c2)C(CN)C1. The van der Waals surface area contributed by atoms with Gasteiger partial charge in [0.1, 0.15) is 5.52 Å². The third-order valence-electron chi connectivity index (χ3n) is 4.98. The summed E-state index contributed by atoms with van der Waals surface area (Å²) < 4.78 is 5.54. The maximum Gasteiger partial charge on any atom is 0.254 e. The minimum absolute atomic E-state index is 0.00987. The smallest absolute Gasteiger partial charge is 0.254 e. The molecule has 2 aromatic carbocycles. The van der Waals surface area contributed by atoms with Crippen LogP contribution in [0.25, 0.3) is 22.2 Å². The van der Waals surface area contributed by atoms with Crippen LogP contribution in [0.3, 0.4) is 0 Å². The van der Waals surface area contributed by atoms with Gasteiger partial charge in [0, 0.05) is 37.3 Å². The quantitative estimate of drug-likeness (QED) is 0.784. The molecular weight excluding hydrogens is 328 g/mol. The van der Waals surface area contributed by atoms with Gasteiger partial charge in [-0.2, -0.15) is 0 Å². The van der Waals surface area contributed by atoms with Crippen LogP contribution in [0.5, 0.6) is 0 Å². The van der Waals surface area contributed by atoms with Crippen molar-refractivity contribution in [3.8, 4) is 11.3 Å². The first-order chi connectivity index (χ1) is 12.7. The molecule has 2 N–H and O–H groups in total. The van der Waals surface area contributed by atoms with Crippen LogP contribution in [0.4, 0.5) is 0 Å². The van der Waals surface area contributed by atoms with E-state index < -0.39 is 0 Å². The number of nitrogens with two attached hydrogens (primary N) is 1. The van der Waals surface area contributed by atoms with Crippen molar-refractivity contribution < 1.29 is 9.32 Å². The predicted octanol–water partition coefficient (Wildman–Crippen LogP) is 2.21. The van der Waals surface area contributed by atoms with Gasteiger partial charge in [-0.3, -0.25) is 4.79 Å². The third-order valence-corrected chi connectivity index (χ3v) is 4.98. The van der Waals surface area contributed by atoms with E-state index in [4.69, 9.17) is 10.3 Å². The molecular formula is C20H22N4O2. The van der Waals surface area contributed by atoms with Crippen molar-refractivity contribution in [2.45, 2.75) is 6.04 Å². The van der Waals surface area contributed by atoms with Crippen LogP contribution in [-0.4, -0.2) is 60.1 Å². The van der Waals surface area contributed by atoms with Gasteiger partial charge < -0.3 is 20.1 Å². The maximum atomic E-state index is 13.1. The second kappa shape index (κ2) is 6.90. The van der Waals surface area contributed by atoms with Crippen LogP contribution in [0.1, 0.15) is 10.4 Å². The van der Waals surface area contributed by atoms with Crippen LogP contribution >= 0.6 is 0 Å². The zero-order valence-corrected chi connectivity index (χ0v) is 14.8. The summed E-state index contributed by atoms with van der Waals surface area (Å²) in [6.07, 6.45) is 0. The Morgan fingerprint density at radius 1 is 1.23 bits per heavy atom. The van der Waals surface area contributed by atoms with Crippen LogP contribution in [-0.2, 0) is 0 Å². The molecule has 1 aromatic heterocycles. The molecule has 1 amide bonds. The van der Waals surface area contributed by atoms with Gasteiger partial charge >= 0.3 is 0 Å². The van der Waals surface area contributed by atoms with Crippen molar-refractivity contribution in [2.75, 3.05) is 33.2 Å². The molecule has 2 heterocycles. The van der Waals surface area contributed by atoms with Crippen molar-refractivity contribution in [3.05, 3.63) is 54.1 Å². The average Bonchev–Trinajstić information content (AvgIpc) is 3.11. The van der Waals surface area contributed by atoms with E-state index >= 15 is 0 Å². The predicted molar refractivity (Wildman–Crippen MR) is 101 cm³/mol. The van der Waals surface area contributed by atoms with E-state index in [0.29, 0.717) is 24.4 Å². The molecule has 1 unspecified atom stereocenters. The molecule has 26 heavy (non-hydrogen) atoms. The summed E-state index contributed by atoms with van der Waals surface area (Å²) in [7, 11) is 2.06. The zero-order valence-electron chi connectivity index (χ0n) is 14.8. The molecule has 0 aliphatic carbocycles. The van der Waals surface area contributed by atoms with Gasteiger partial charge in [0.05, 0.1) is 11.4 Å². The lowest BCUT2D eigenvalue weighted by molar-refractivity contribution is 0.0516. The lowest BCUT2D eigenvalue weighted by Crippen LogP contribution is -2.56. The lowest BCUT2D eigenvalue weighted by atomic mass is 10.0. The Morgan fingerprint density at radius 3 is 2.81 bits per heavy atom. The average molecular weight is 350 g/mol. The molecule has 6 nitrogen and oxygen atoms in total. The number of carbonyl (C=O) groups excluding carboxylic acids is 1. The first-order valence-corrected chi connectivity index (χ1v) is 8.82. The second-order valence-corrected chi connectivity index (χ2v) is 6.76. The number of hydrogen-bond donors (Lipinski definition) is 1. The minimum atomic E-state index is 0.00987. The van der Waals surface area contributed by atoms with Crippen molar-refractivity contribution in [1.29, 1.82) is 0 Å². The number of fused-ring (bicyclic) bond motifs is 1. The first kappa shape index (κ1) is 16.8. The molecule has 3 aromatic rings. The highest BCUT2D eigenvalue weighted by molar-refractivity contribution is 6.01. The number of piperazine rings is 1. The lowest BCUT2D eigenvalue weighted by Gasteiger charge is -2.39. The summed E-state index contributed by atoms with van der Waals surface area (Å²) in [5.74, 6) is 0.694. The zero-order chi connectivity index (χ0) is 18.1. The van der Waals surface area contributed by atoms with Crippen LogP contribution in [0.2, 0.25) is 0 Å². The fourth-order valence-electron chi connectivity index (χ4n) is 3.52. The summed E-state index contributed by atoms with van der Waals surface area (Å²) in [4.78, 5) is 17.2. The van der Waals surface area contributed by atoms with Crippen molar-refractivity contribution >= 4 is 16.8 Å². The van der Waals surface area contributed by atoms with Crippen LogP contribution < -0.4 is 5.73 Å². The van der Waals surface area contributed by atoms with Gasteiger partial charge in [0.15, 0.2) is 5.76 Å². The molecule has 1 atom stereocenters. The largest absolute Gasteiger partial charge is 0.355 e. The molecule has 6 heteroatoms. The van der Waals surface area contributed by atoms with Gasteiger partial charge in [0.25, 0.3) is 5.91 Å². The fraction of sp³-hybridized carbons (Fsp3) is 0.300. The van der Waals surface area contributed by atoms with Crippen molar-refractivity contribution in [1.82, 2.24) is 15.0 Å². The van der Waals surface area contributed by atoms with E-state index in [-0.39, 0.29) is 11.9 Å². The topological polar surface area (TPSA) is 75.6 Å². The summed E-state index contributed by atoms with van der Waals surface area (Å²) in [6.45, 7) is 2.80. The van der Waals surface area contributed by atoms with E-state index in [1.165, 1.54) is 0 Å². The Morgan fingerprint density at radius 2 is 2.04 bits per heavy atom. The molecule has 0 saturated carbocycles. The number of rotatable bonds is 3. The molecule has 1 aliphatic rings. The minimum Gasteiger partial charge on any atom is -0.355 e. The van der Waals surface area contributed by atoms with Crippen LogP contribution in [0.15, 0.2) is 53.1 Å². The fourth-order valence-corrected chi connectivity index (χ4v) is 3.52. The summed E-state index contributed by atoms with van der Waals surface area (Å²) in [5, 5.41) is 4.97. The number of likely N-dealkylation sites (N-methyl/N-ethyl adjacent to an activating group) is 1. The summed E-state index contributed by atoms with van der Waals surface area (Å²) >= 11 is 0. The Balaban J connectivity index is 1.70. The van der Waals surface area contributed by atoms with E-state index in [9.17, 15) is 4.79 Å². The Kier molecular flexibility index (Phi) is 4.44. The first-order valence-electron chi connectivity index (χ1n) is 8.82. The molecule has 0 spiro atoms. The van der Waals surface area contributed by atoms with Crippen molar-refractivity contribution in [2.24, 2.45) is 5.73 Å². The normalized spacial score (nSPS) is 18.4. The van der Waals surface area contributed by atoms with Crippen LogP contribution in [0, 0.1) is 0 Å². The molecule has 0 bridgehead atoms. The monoisotopic (exact) mass is 350 g/mol. The highest BCUT2D eigenvalue weighted by atomic mass is 16.5. The van der Waals surface area contributed by atoms with Gasteiger partial charge in [-0.05, 0) is 25.2 Å². The molecule has 1 saturated heterocycles. The van der Waals surface area contributed by atoms with Gasteiger partial charge in [0.2, 0.25) is 0 Å². The van der Waals surface area contributed by atoms with E-state index in [1.807, 2.05) is 53.4 Å². The molecule has 0 radical (unpaired) electrons. The van der Waals surface area contributed by atoms with E-state index in [1.54, 1.807) is 0 Å². The Hall–Kier alpha value is -2.70. The third kappa shape index (κ3) is 2.98. The Bertz CT molecular complexity index is 922. The molecule has 4 rings (SSSR count). The number of benzene rings is 2. The van der Waals surface area contributed by atoms with E-state index in [2.05, 4.69) is 17.1 Å². The standard InChI is InChI=1S/C20H22N4O2/c1-23-9-10-24(16(12-21)13-23)20(25)15-7-8-18-17(11-15)19(26-22-18)14-5-3-2-4-6-14/h2-8,11,16H,9-10,12-13,21H2,1H3. The number of carbonyl (C=O) groups is 1. The van der Waals surface area contributed by atoms with Crippen molar-refractivity contribution in [3.63, 3.8) is 0 Å². The summed E-state index contributed by atoms with van der Waals surface area (Å²) in [6, 6.07) is 15.4. The maximum absolute atomic E-state index is 13.1. The highest BCUT2D eigenvalue weighted by Gasteiger charge is 2.29.